The Labute approximate surface area is 244 Å². The first kappa shape index (κ1) is 30.3. The standard InChI is InChI=1S/C30H30N4O7S/c1-21(29(36)37)32-42(40,41)34-17-15-33(16-18-34)25-12-9-22(10-13-25)7-8-23-11-14-26(27(19-23)30(38)39)28(35)31-20-24-5-3-2-4-6-24/h2-6,9-14,19,21,32H,15-18,20H2,1H3,(H,31,35)(H,36,37)(H,38,39)/t21-/m1/s1. The summed E-state index contributed by atoms with van der Waals surface area (Å²) in [5, 5.41) is 21.4. The number of carboxylic acid groups (broad SMARTS) is 2. The Morgan fingerprint density at radius 2 is 1.48 bits per heavy atom. The Hall–Kier alpha value is -4.70. The highest BCUT2D eigenvalue weighted by Gasteiger charge is 2.29. The van der Waals surface area contributed by atoms with Gasteiger partial charge in [0.25, 0.3) is 16.1 Å². The normalized spacial score (nSPS) is 14.4. The van der Waals surface area contributed by atoms with Crippen LogP contribution in [0.2, 0.25) is 0 Å². The van der Waals surface area contributed by atoms with Gasteiger partial charge in [-0.15, -0.1) is 0 Å². The summed E-state index contributed by atoms with van der Waals surface area (Å²) < 4.78 is 28.3. The summed E-state index contributed by atoms with van der Waals surface area (Å²) in [7, 11) is -3.91. The molecule has 0 aliphatic carbocycles. The second-order valence-electron chi connectivity index (χ2n) is 9.60. The maximum atomic E-state index is 12.7. The van der Waals surface area contributed by atoms with Crippen molar-refractivity contribution in [3.63, 3.8) is 0 Å². The van der Waals surface area contributed by atoms with E-state index in [0.29, 0.717) is 24.2 Å². The molecule has 218 valence electrons. The Kier molecular flexibility index (Phi) is 9.59. The smallest absolute Gasteiger partial charge is 0.336 e. The summed E-state index contributed by atoms with van der Waals surface area (Å²) in [5.41, 5.74) is 2.81. The summed E-state index contributed by atoms with van der Waals surface area (Å²) in [5.74, 6) is 2.98. The van der Waals surface area contributed by atoms with E-state index in [2.05, 4.69) is 21.9 Å². The van der Waals surface area contributed by atoms with Gasteiger partial charge in [0, 0.05) is 49.5 Å². The number of hydrogen-bond donors (Lipinski definition) is 4. The topological polar surface area (TPSA) is 156 Å². The maximum absolute atomic E-state index is 12.7. The molecule has 1 fully saturated rings. The van der Waals surface area contributed by atoms with Gasteiger partial charge >= 0.3 is 11.9 Å². The highest BCUT2D eigenvalue weighted by atomic mass is 32.2. The number of carboxylic acids is 2. The van der Waals surface area contributed by atoms with Crippen molar-refractivity contribution < 1.29 is 33.0 Å². The summed E-state index contributed by atoms with van der Waals surface area (Å²) >= 11 is 0. The average Bonchev–Trinajstić information content (AvgIpc) is 2.99. The van der Waals surface area contributed by atoms with Crippen LogP contribution in [0.15, 0.2) is 72.8 Å². The number of anilines is 1. The molecule has 0 spiro atoms. The van der Waals surface area contributed by atoms with Gasteiger partial charge < -0.3 is 20.4 Å². The van der Waals surface area contributed by atoms with Gasteiger partial charge in [0.05, 0.1) is 11.1 Å². The molecule has 1 aliphatic rings. The molecule has 4 rings (SSSR count). The fourth-order valence-electron chi connectivity index (χ4n) is 4.31. The first-order chi connectivity index (χ1) is 20.0. The van der Waals surface area contributed by atoms with E-state index in [1.54, 1.807) is 6.07 Å². The molecule has 1 atom stereocenters. The Balaban J connectivity index is 1.38. The summed E-state index contributed by atoms with van der Waals surface area (Å²) in [6.45, 7) is 2.81. The lowest BCUT2D eigenvalue weighted by molar-refractivity contribution is -0.138. The van der Waals surface area contributed by atoms with Crippen molar-refractivity contribution in [1.82, 2.24) is 14.3 Å². The number of hydrogen-bond acceptors (Lipinski definition) is 6. The number of carbonyl (C=O) groups is 3. The van der Waals surface area contributed by atoms with E-state index in [0.717, 1.165) is 11.3 Å². The maximum Gasteiger partial charge on any atom is 0.336 e. The number of piperazine rings is 1. The number of aliphatic carboxylic acids is 1. The molecular weight excluding hydrogens is 560 g/mol. The van der Waals surface area contributed by atoms with Gasteiger partial charge in [0.2, 0.25) is 0 Å². The molecule has 11 nitrogen and oxygen atoms in total. The van der Waals surface area contributed by atoms with Crippen molar-refractivity contribution in [3.05, 3.63) is 101 Å². The van der Waals surface area contributed by atoms with E-state index in [4.69, 9.17) is 5.11 Å². The molecule has 3 aromatic rings. The molecule has 0 aromatic heterocycles. The first-order valence-corrected chi connectivity index (χ1v) is 14.5. The second-order valence-corrected chi connectivity index (χ2v) is 11.3. The number of aromatic carboxylic acids is 1. The fraction of sp³-hybridized carbons (Fsp3) is 0.233. The van der Waals surface area contributed by atoms with Gasteiger partial charge in [-0.1, -0.05) is 42.2 Å². The van der Waals surface area contributed by atoms with E-state index in [1.807, 2.05) is 59.5 Å². The predicted molar refractivity (Wildman–Crippen MR) is 156 cm³/mol. The molecule has 1 aliphatic heterocycles. The van der Waals surface area contributed by atoms with Crippen LogP contribution in [0.25, 0.3) is 0 Å². The number of nitrogens with zero attached hydrogens (tertiary/aromatic N) is 2. The zero-order valence-electron chi connectivity index (χ0n) is 22.8. The van der Waals surface area contributed by atoms with Crippen molar-refractivity contribution >= 4 is 33.7 Å². The van der Waals surface area contributed by atoms with Crippen molar-refractivity contribution in [2.24, 2.45) is 0 Å². The lowest BCUT2D eigenvalue weighted by Crippen LogP contribution is -2.54. The molecule has 1 heterocycles. The summed E-state index contributed by atoms with van der Waals surface area (Å²) in [6.07, 6.45) is 0. The van der Waals surface area contributed by atoms with E-state index in [9.17, 15) is 27.9 Å². The first-order valence-electron chi connectivity index (χ1n) is 13.1. The molecule has 4 N–H and O–H groups in total. The number of benzene rings is 3. The minimum atomic E-state index is -3.91. The number of carbonyl (C=O) groups excluding carboxylic acids is 1. The lowest BCUT2D eigenvalue weighted by atomic mass is 10.0. The molecule has 0 radical (unpaired) electrons. The average molecular weight is 591 g/mol. The number of amides is 1. The van der Waals surface area contributed by atoms with Gasteiger partial charge in [0.1, 0.15) is 6.04 Å². The van der Waals surface area contributed by atoms with Crippen LogP contribution in [0.4, 0.5) is 5.69 Å². The van der Waals surface area contributed by atoms with Crippen LogP contribution >= 0.6 is 0 Å². The van der Waals surface area contributed by atoms with Crippen LogP contribution in [0.5, 0.6) is 0 Å². The largest absolute Gasteiger partial charge is 0.480 e. The quantitative estimate of drug-likeness (QED) is 0.276. The van der Waals surface area contributed by atoms with Crippen LogP contribution in [0.1, 0.15) is 44.3 Å². The third kappa shape index (κ3) is 7.73. The van der Waals surface area contributed by atoms with E-state index >= 15 is 0 Å². The van der Waals surface area contributed by atoms with Gasteiger partial charge in [-0.3, -0.25) is 9.59 Å². The Bertz CT molecular complexity index is 1620. The van der Waals surface area contributed by atoms with Crippen molar-refractivity contribution in [2.75, 3.05) is 31.1 Å². The summed E-state index contributed by atoms with van der Waals surface area (Å²) in [6, 6.07) is 19.9. The van der Waals surface area contributed by atoms with E-state index in [1.165, 1.54) is 23.4 Å². The van der Waals surface area contributed by atoms with Crippen molar-refractivity contribution in [1.29, 1.82) is 0 Å². The Morgan fingerprint density at radius 1 is 0.857 bits per heavy atom. The fourth-order valence-corrected chi connectivity index (χ4v) is 5.65. The zero-order valence-corrected chi connectivity index (χ0v) is 23.6. The van der Waals surface area contributed by atoms with Gasteiger partial charge in [-0.05, 0) is 55.0 Å². The predicted octanol–water partition coefficient (Wildman–Crippen LogP) is 2.14. The molecule has 3 aromatic carbocycles. The second kappa shape index (κ2) is 13.3. The Morgan fingerprint density at radius 3 is 2.10 bits per heavy atom. The monoisotopic (exact) mass is 590 g/mol. The highest BCUT2D eigenvalue weighted by molar-refractivity contribution is 7.87. The van der Waals surface area contributed by atoms with Crippen LogP contribution in [-0.4, -0.2) is 73.0 Å². The molecule has 42 heavy (non-hydrogen) atoms. The van der Waals surface area contributed by atoms with Crippen LogP contribution in [0.3, 0.4) is 0 Å². The molecule has 0 bridgehead atoms. The van der Waals surface area contributed by atoms with Crippen LogP contribution < -0.4 is 14.9 Å². The molecule has 1 saturated heterocycles. The van der Waals surface area contributed by atoms with Gasteiger partial charge in [-0.2, -0.15) is 17.4 Å². The molecule has 12 heteroatoms. The molecule has 0 unspecified atom stereocenters. The molecule has 1 amide bonds. The van der Waals surface area contributed by atoms with Gasteiger partial charge in [0.15, 0.2) is 0 Å². The number of nitrogens with one attached hydrogen (secondary N) is 2. The molecule has 0 saturated carbocycles. The number of rotatable bonds is 9. The highest BCUT2D eigenvalue weighted by Crippen LogP contribution is 2.19. The van der Waals surface area contributed by atoms with Crippen LogP contribution in [-0.2, 0) is 21.5 Å². The molecular formula is C30H30N4O7S. The lowest BCUT2D eigenvalue weighted by Gasteiger charge is -2.35. The summed E-state index contributed by atoms with van der Waals surface area (Å²) in [4.78, 5) is 37.5. The van der Waals surface area contributed by atoms with Crippen molar-refractivity contribution in [2.45, 2.75) is 19.5 Å². The SMILES string of the molecule is C[C@@H](NS(=O)(=O)N1CCN(c2ccc(C#Cc3ccc(C(=O)NCc4ccccc4)c(C(=O)O)c3)cc2)CC1)C(=O)O. The van der Waals surface area contributed by atoms with E-state index < -0.39 is 34.1 Å². The van der Waals surface area contributed by atoms with E-state index in [-0.39, 0.29) is 30.8 Å². The minimum absolute atomic E-state index is 0.0495. The third-order valence-electron chi connectivity index (χ3n) is 6.65. The van der Waals surface area contributed by atoms with Crippen LogP contribution in [0, 0.1) is 11.8 Å². The third-order valence-corrected chi connectivity index (χ3v) is 8.35. The van der Waals surface area contributed by atoms with Crippen molar-refractivity contribution in [3.8, 4) is 11.8 Å². The van der Waals surface area contributed by atoms with Gasteiger partial charge in [-0.25, -0.2) is 4.79 Å². The minimum Gasteiger partial charge on any atom is -0.480 e. The zero-order chi connectivity index (χ0) is 30.3.